The summed E-state index contributed by atoms with van der Waals surface area (Å²) in [5.41, 5.74) is 5.42. The molecule has 1 aromatic carbocycles. The van der Waals surface area contributed by atoms with Crippen molar-refractivity contribution in [2.24, 2.45) is 5.73 Å². The zero-order valence-electron chi connectivity index (χ0n) is 12.9. The van der Waals surface area contributed by atoms with Gasteiger partial charge in [0.15, 0.2) is 0 Å². The Kier molecular flexibility index (Phi) is 2.69. The summed E-state index contributed by atoms with van der Waals surface area (Å²) < 4.78 is 0. The first-order valence-corrected chi connectivity index (χ1v) is 7.21. The molecule has 4 N–H and O–H groups in total. The molecular weight excluding hydrogens is 326 g/mol. The van der Waals surface area contributed by atoms with E-state index in [9.17, 15) is 20.2 Å². The highest BCUT2D eigenvalue weighted by Crippen LogP contribution is 2.54. The van der Waals surface area contributed by atoms with E-state index in [2.05, 4.69) is 15.5 Å². The van der Waals surface area contributed by atoms with Gasteiger partial charge < -0.3 is 16.0 Å². The highest BCUT2D eigenvalue weighted by Gasteiger charge is 2.58. The summed E-state index contributed by atoms with van der Waals surface area (Å²) in [5, 5.41) is 30.4. The Morgan fingerprint density at radius 3 is 2.88 bits per heavy atom. The molecule has 4 rings (SSSR count). The number of nitrogens with one attached hydrogen (secondary N) is 2. The predicted molar refractivity (Wildman–Crippen MR) is 86.3 cm³/mol. The lowest BCUT2D eigenvalue weighted by Crippen LogP contribution is -2.45. The normalized spacial score (nSPS) is 21.0. The Hall–Kier alpha value is -3.87. The monoisotopic (exact) mass is 337 g/mol. The largest absolute Gasteiger partial charge is 0.384 e. The van der Waals surface area contributed by atoms with Gasteiger partial charge in [-0.2, -0.15) is 10.4 Å². The van der Waals surface area contributed by atoms with Gasteiger partial charge in [0.2, 0.25) is 5.91 Å². The number of nitro benzene ring substituents is 1. The molecule has 0 saturated carbocycles. The molecule has 25 heavy (non-hydrogen) atoms. The summed E-state index contributed by atoms with van der Waals surface area (Å²) in [5.74, 6) is -0.0513. The number of nitrogens with two attached hydrogens (primary N) is 1. The van der Waals surface area contributed by atoms with Gasteiger partial charge in [-0.1, -0.05) is 0 Å². The maximum Gasteiger partial charge on any atom is 0.269 e. The van der Waals surface area contributed by atoms with Crippen LogP contribution in [0.15, 0.2) is 35.8 Å². The maximum atomic E-state index is 13.2. The van der Waals surface area contributed by atoms with Crippen LogP contribution in [0.3, 0.4) is 0 Å². The maximum absolute atomic E-state index is 13.2. The smallest absolute Gasteiger partial charge is 0.269 e. The van der Waals surface area contributed by atoms with Crippen LogP contribution in [0, 0.1) is 21.4 Å². The molecule has 0 radical (unpaired) electrons. The van der Waals surface area contributed by atoms with Gasteiger partial charge in [-0.25, -0.2) is 0 Å². The molecule has 2 aliphatic heterocycles. The lowest BCUT2D eigenvalue weighted by Gasteiger charge is -2.32. The number of nitrogens with zero attached hydrogens (tertiary/aromatic N) is 4. The van der Waals surface area contributed by atoms with Crippen molar-refractivity contribution in [2.75, 3.05) is 17.3 Å². The Balaban J connectivity index is 2.16. The van der Waals surface area contributed by atoms with E-state index in [0.717, 1.165) is 0 Å². The molecule has 2 aromatic rings. The lowest BCUT2D eigenvalue weighted by atomic mass is 9.69. The number of non-ortho nitro benzene ring substituents is 1. The van der Waals surface area contributed by atoms with Gasteiger partial charge in [0.25, 0.3) is 5.69 Å². The van der Waals surface area contributed by atoms with Crippen molar-refractivity contribution in [1.29, 1.82) is 5.26 Å². The lowest BCUT2D eigenvalue weighted by molar-refractivity contribution is -0.384. The van der Waals surface area contributed by atoms with Gasteiger partial charge in [0.05, 0.1) is 16.7 Å². The molecule has 0 aliphatic carbocycles. The van der Waals surface area contributed by atoms with E-state index >= 15 is 0 Å². The predicted octanol–water partition coefficient (Wildman–Crippen LogP) is 0.700. The topological polar surface area (TPSA) is 154 Å². The molecule has 10 nitrogen and oxygen atoms in total. The number of carbonyl (C=O) groups excluding carboxylic acids is 1. The van der Waals surface area contributed by atoms with E-state index in [1.165, 1.54) is 29.3 Å². The Labute approximate surface area is 140 Å². The summed E-state index contributed by atoms with van der Waals surface area (Å²) >= 11 is 0. The molecule has 1 spiro atoms. The number of hydrogen-bond acceptors (Lipinski definition) is 7. The number of rotatable bonds is 1. The van der Waals surface area contributed by atoms with Crippen molar-refractivity contribution in [3.8, 4) is 6.07 Å². The second-order valence-electron chi connectivity index (χ2n) is 5.76. The van der Waals surface area contributed by atoms with Crippen molar-refractivity contribution in [3.63, 3.8) is 0 Å². The molecule has 0 fully saturated rings. The van der Waals surface area contributed by atoms with Crippen LogP contribution in [-0.4, -0.2) is 28.1 Å². The summed E-state index contributed by atoms with van der Waals surface area (Å²) in [7, 11) is 1.55. The van der Waals surface area contributed by atoms with E-state index in [1.807, 2.05) is 6.07 Å². The fraction of sp³-hybridized carbons (Fsp3) is 0.133. The highest BCUT2D eigenvalue weighted by molar-refractivity contribution is 6.14. The molecule has 2 aliphatic rings. The van der Waals surface area contributed by atoms with Crippen LogP contribution in [0.4, 0.5) is 17.2 Å². The van der Waals surface area contributed by atoms with Gasteiger partial charge in [0, 0.05) is 36.0 Å². The number of aromatic nitrogens is 2. The molecule has 1 aromatic heterocycles. The van der Waals surface area contributed by atoms with Gasteiger partial charge in [-0.3, -0.25) is 20.0 Å². The Morgan fingerprint density at radius 2 is 2.20 bits per heavy atom. The minimum atomic E-state index is -1.57. The Bertz CT molecular complexity index is 1030. The molecule has 0 saturated heterocycles. The molecule has 124 valence electrons. The molecular formula is C15H11N7O3. The van der Waals surface area contributed by atoms with Crippen LogP contribution in [0.2, 0.25) is 0 Å². The van der Waals surface area contributed by atoms with Crippen LogP contribution < -0.4 is 16.0 Å². The average molecular weight is 337 g/mol. The van der Waals surface area contributed by atoms with Gasteiger partial charge >= 0.3 is 0 Å². The first-order chi connectivity index (χ1) is 11.9. The van der Waals surface area contributed by atoms with Crippen LogP contribution in [0.1, 0.15) is 11.1 Å². The minimum Gasteiger partial charge on any atom is -0.384 e. The molecule has 1 atom stereocenters. The number of aromatic amines is 1. The Morgan fingerprint density at radius 1 is 1.44 bits per heavy atom. The number of benzene rings is 1. The van der Waals surface area contributed by atoms with E-state index in [0.29, 0.717) is 22.6 Å². The fourth-order valence-corrected chi connectivity index (χ4v) is 3.55. The van der Waals surface area contributed by atoms with Crippen molar-refractivity contribution < 1.29 is 9.72 Å². The SMILES string of the molecule is CN1C(=O)C2(C(C#N)=C(N)Nc3[nH]ncc32)c2cc([N+](=O)[O-])ccc21. The van der Waals surface area contributed by atoms with Crippen LogP contribution in [0.5, 0.6) is 0 Å². The van der Waals surface area contributed by atoms with Crippen molar-refractivity contribution in [1.82, 2.24) is 10.2 Å². The zero-order valence-corrected chi connectivity index (χ0v) is 12.9. The van der Waals surface area contributed by atoms with E-state index in [-0.39, 0.29) is 17.1 Å². The highest BCUT2D eigenvalue weighted by atomic mass is 16.6. The number of nitriles is 1. The number of fused-ring (bicyclic) bond motifs is 4. The fourth-order valence-electron chi connectivity index (χ4n) is 3.55. The molecule has 0 bridgehead atoms. The zero-order chi connectivity index (χ0) is 17.9. The third kappa shape index (κ3) is 1.56. The quantitative estimate of drug-likeness (QED) is 0.511. The van der Waals surface area contributed by atoms with E-state index < -0.39 is 16.2 Å². The van der Waals surface area contributed by atoms with Gasteiger partial charge in [-0.05, 0) is 6.07 Å². The van der Waals surface area contributed by atoms with E-state index in [4.69, 9.17) is 5.73 Å². The molecule has 3 heterocycles. The number of amides is 1. The first-order valence-electron chi connectivity index (χ1n) is 7.21. The average Bonchev–Trinajstić information content (AvgIpc) is 3.13. The number of nitro groups is 1. The third-order valence-corrected chi connectivity index (χ3v) is 4.64. The van der Waals surface area contributed by atoms with Crippen LogP contribution in [-0.2, 0) is 10.2 Å². The van der Waals surface area contributed by atoms with Gasteiger partial charge in [-0.15, -0.1) is 0 Å². The van der Waals surface area contributed by atoms with Crippen LogP contribution >= 0.6 is 0 Å². The molecule has 1 unspecified atom stereocenters. The van der Waals surface area contributed by atoms with E-state index in [1.54, 1.807) is 7.05 Å². The first kappa shape index (κ1) is 14.7. The summed E-state index contributed by atoms with van der Waals surface area (Å²) in [6.07, 6.45) is 1.42. The third-order valence-electron chi connectivity index (χ3n) is 4.64. The van der Waals surface area contributed by atoms with Crippen LogP contribution in [0.25, 0.3) is 0 Å². The summed E-state index contributed by atoms with van der Waals surface area (Å²) in [6.45, 7) is 0. The van der Waals surface area contributed by atoms with Crippen molar-refractivity contribution in [3.05, 3.63) is 57.0 Å². The second-order valence-corrected chi connectivity index (χ2v) is 5.76. The number of carbonyl (C=O) groups is 1. The molecule has 1 amide bonds. The van der Waals surface area contributed by atoms with Gasteiger partial charge in [0.1, 0.15) is 23.1 Å². The summed E-state index contributed by atoms with van der Waals surface area (Å²) in [6, 6.07) is 6.11. The van der Waals surface area contributed by atoms with Crippen molar-refractivity contribution in [2.45, 2.75) is 5.41 Å². The number of likely N-dealkylation sites (N-methyl/N-ethyl adjacent to an activating group) is 1. The molecule has 10 heteroatoms. The second kappa shape index (κ2) is 4.57. The standard InChI is InChI=1S/C15H11N7O3/c1-21-11-3-2-7(22(24)25)4-8(11)15(14(21)23)9(5-16)12(17)19-13-10(15)6-18-20-13/h2-4,6H,17H2,1H3,(H2,18,19,20). The number of hydrogen-bond donors (Lipinski definition) is 3. The number of H-pyrrole nitrogens is 1. The van der Waals surface area contributed by atoms with Crippen molar-refractivity contribution >= 4 is 23.1 Å². The summed E-state index contributed by atoms with van der Waals surface area (Å²) in [4.78, 5) is 25.3. The number of anilines is 2. The minimum absolute atomic E-state index is 0.000330.